The van der Waals surface area contributed by atoms with E-state index in [1.807, 2.05) is 0 Å². The Morgan fingerprint density at radius 2 is 1.56 bits per heavy atom. The number of carbonyl (C=O) groups is 1. The maximum absolute atomic E-state index is 13.1. The highest BCUT2D eigenvalue weighted by Crippen LogP contribution is 2.36. The lowest BCUT2D eigenvalue weighted by Gasteiger charge is -2.17. The van der Waals surface area contributed by atoms with Crippen molar-refractivity contribution >= 4 is 21.6 Å². The lowest BCUT2D eigenvalue weighted by molar-refractivity contribution is -0.150. The van der Waals surface area contributed by atoms with Gasteiger partial charge in [-0.1, -0.05) is 29.8 Å². The first-order valence-electron chi connectivity index (χ1n) is 9.10. The van der Waals surface area contributed by atoms with E-state index in [2.05, 4.69) is 5.10 Å². The molecule has 5 nitrogen and oxygen atoms in total. The van der Waals surface area contributed by atoms with Crippen LogP contribution in [0.2, 0.25) is 0 Å². The third-order valence-electron chi connectivity index (χ3n) is 4.79. The Kier molecular flexibility index (Phi) is 5.87. The van der Waals surface area contributed by atoms with Gasteiger partial charge in [0.2, 0.25) is 0 Å². The van der Waals surface area contributed by atoms with Gasteiger partial charge in [0.05, 0.1) is 28.5 Å². The molecule has 0 radical (unpaired) electrons. The molecule has 3 rings (SSSR count). The number of rotatable bonds is 4. The molecule has 2 aromatic rings. The molecule has 1 aliphatic heterocycles. The van der Waals surface area contributed by atoms with E-state index in [0.29, 0.717) is 12.1 Å². The van der Waals surface area contributed by atoms with Gasteiger partial charge in [0.15, 0.2) is 0 Å². The van der Waals surface area contributed by atoms with Crippen LogP contribution in [-0.4, -0.2) is 30.6 Å². The number of benzene rings is 2. The van der Waals surface area contributed by atoms with Gasteiger partial charge in [0, 0.05) is 0 Å². The molecule has 0 N–H and O–H groups in total. The molecule has 2 aromatic carbocycles. The van der Waals surface area contributed by atoms with Crippen molar-refractivity contribution in [3.8, 4) is 0 Å². The molecule has 172 valence electrons. The Hall–Kier alpha value is -2.89. The highest BCUT2D eigenvalue weighted by atomic mass is 32.2. The summed E-state index contributed by atoms with van der Waals surface area (Å²) in [4.78, 5) is 12.4. The lowest BCUT2D eigenvalue weighted by atomic mass is 9.93. The molecule has 0 saturated carbocycles. The minimum absolute atomic E-state index is 0.00588. The van der Waals surface area contributed by atoms with Gasteiger partial charge in [-0.25, -0.2) is 0 Å². The Morgan fingerprint density at radius 1 is 0.969 bits per heavy atom. The number of nitrogens with zero attached hydrogens (tertiary/aromatic N) is 2. The summed E-state index contributed by atoms with van der Waals surface area (Å²) in [5.74, 6) is -3.45. The van der Waals surface area contributed by atoms with E-state index in [1.165, 1.54) is 25.1 Å². The molecule has 0 aliphatic carbocycles. The average molecular weight is 478 g/mol. The number of carbonyl (C=O) groups excluding carboxylic acids is 1. The van der Waals surface area contributed by atoms with Crippen molar-refractivity contribution in [1.29, 1.82) is 0 Å². The predicted octanol–water partition coefficient (Wildman–Crippen LogP) is 4.83. The third kappa shape index (κ3) is 4.64. The zero-order chi connectivity index (χ0) is 24.1. The van der Waals surface area contributed by atoms with Crippen molar-refractivity contribution in [2.24, 2.45) is 11.0 Å². The molecule has 12 heteroatoms. The van der Waals surface area contributed by atoms with Crippen LogP contribution in [0.4, 0.5) is 26.3 Å². The number of hydrogen-bond acceptors (Lipinski definition) is 4. The highest BCUT2D eigenvalue weighted by Gasteiger charge is 2.48. The van der Waals surface area contributed by atoms with E-state index in [-0.39, 0.29) is 20.4 Å². The van der Waals surface area contributed by atoms with Crippen LogP contribution >= 0.6 is 0 Å². The van der Waals surface area contributed by atoms with Crippen LogP contribution in [0.3, 0.4) is 0 Å². The lowest BCUT2D eigenvalue weighted by Crippen LogP contribution is -2.35. The molecule has 0 spiro atoms. The average Bonchev–Trinajstić information content (AvgIpc) is 2.96. The predicted molar refractivity (Wildman–Crippen MR) is 102 cm³/mol. The van der Waals surface area contributed by atoms with Gasteiger partial charge in [-0.05, 0) is 43.2 Å². The van der Waals surface area contributed by atoms with Gasteiger partial charge in [-0.15, -0.1) is 4.41 Å². The summed E-state index contributed by atoms with van der Waals surface area (Å²) in [5, 5.41) is 3.64. The second-order valence-electron chi connectivity index (χ2n) is 7.29. The Morgan fingerprint density at radius 3 is 2.06 bits per heavy atom. The first-order chi connectivity index (χ1) is 14.6. The van der Waals surface area contributed by atoms with Gasteiger partial charge in [-0.2, -0.15) is 39.9 Å². The number of aryl methyl sites for hydroxylation is 2. The zero-order valence-corrected chi connectivity index (χ0v) is 17.4. The number of hydrazone groups is 1. The molecular weight excluding hydrogens is 462 g/mol. The van der Waals surface area contributed by atoms with E-state index in [4.69, 9.17) is 0 Å². The molecule has 0 aromatic heterocycles. The van der Waals surface area contributed by atoms with E-state index in [0.717, 1.165) is 17.7 Å². The number of hydrogen-bond donors (Lipinski definition) is 0. The third-order valence-corrected chi connectivity index (χ3v) is 6.53. The van der Waals surface area contributed by atoms with Crippen molar-refractivity contribution in [3.05, 3.63) is 64.7 Å². The maximum atomic E-state index is 13.1. The standard InChI is InChI=1S/C20H16F6N2O3S/c1-11-3-8-16(12(2)9-11)32(30,31)28-18(29)15(10-19(21,22)23)17(27-28)13-4-6-14(7-5-13)20(24,25)26/h3-9,15H,10H2,1-2H3. The van der Waals surface area contributed by atoms with Crippen LogP contribution in [-0.2, 0) is 21.0 Å². The first-order valence-corrected chi connectivity index (χ1v) is 10.5. The molecule has 32 heavy (non-hydrogen) atoms. The molecule has 1 amide bonds. The topological polar surface area (TPSA) is 66.8 Å². The Labute approximate surface area is 179 Å². The van der Waals surface area contributed by atoms with Crippen molar-refractivity contribution in [2.45, 2.75) is 37.5 Å². The molecule has 1 aliphatic rings. The van der Waals surface area contributed by atoms with Crippen LogP contribution in [0, 0.1) is 19.8 Å². The van der Waals surface area contributed by atoms with Crippen LogP contribution in [0.15, 0.2) is 52.5 Å². The fourth-order valence-electron chi connectivity index (χ4n) is 3.33. The molecule has 0 saturated heterocycles. The van der Waals surface area contributed by atoms with Gasteiger partial charge in [0.1, 0.15) is 0 Å². The summed E-state index contributed by atoms with van der Waals surface area (Å²) >= 11 is 0. The van der Waals surface area contributed by atoms with E-state index >= 15 is 0 Å². The van der Waals surface area contributed by atoms with Crippen molar-refractivity contribution in [2.75, 3.05) is 0 Å². The zero-order valence-electron chi connectivity index (χ0n) is 16.6. The number of sulfonamides is 1. The molecule has 1 heterocycles. The second-order valence-corrected chi connectivity index (χ2v) is 9.02. The van der Waals surface area contributed by atoms with Crippen LogP contribution in [0.25, 0.3) is 0 Å². The number of amides is 1. The van der Waals surface area contributed by atoms with E-state index in [9.17, 15) is 39.6 Å². The van der Waals surface area contributed by atoms with E-state index in [1.54, 1.807) is 6.92 Å². The number of alkyl halides is 6. The summed E-state index contributed by atoms with van der Waals surface area (Å²) in [6.45, 7) is 3.15. The van der Waals surface area contributed by atoms with Crippen LogP contribution in [0.5, 0.6) is 0 Å². The quantitative estimate of drug-likeness (QED) is 0.592. The second kappa shape index (κ2) is 7.91. The monoisotopic (exact) mass is 478 g/mol. The number of halogens is 6. The van der Waals surface area contributed by atoms with Gasteiger partial charge in [-0.3, -0.25) is 4.79 Å². The summed E-state index contributed by atoms with van der Waals surface area (Å²) < 4.78 is 104. The molecular formula is C20H16F6N2O3S. The smallest absolute Gasteiger partial charge is 0.271 e. The summed E-state index contributed by atoms with van der Waals surface area (Å²) in [6.07, 6.45) is -11.3. The SMILES string of the molecule is Cc1ccc(S(=O)(=O)N2N=C(c3ccc(C(F)(F)F)cc3)C(CC(F)(F)F)C2=O)c(C)c1. The largest absolute Gasteiger partial charge is 0.416 e. The Bertz CT molecular complexity index is 1190. The van der Waals surface area contributed by atoms with Crippen molar-refractivity contribution in [1.82, 2.24) is 4.41 Å². The van der Waals surface area contributed by atoms with Gasteiger partial charge in [0.25, 0.3) is 15.9 Å². The fraction of sp³-hybridized carbons (Fsp3) is 0.300. The molecule has 1 atom stereocenters. The minimum Gasteiger partial charge on any atom is -0.271 e. The minimum atomic E-state index is -4.85. The fourth-order valence-corrected chi connectivity index (χ4v) is 4.78. The molecule has 0 bridgehead atoms. The Balaban J connectivity index is 2.10. The normalized spacial score (nSPS) is 17.6. The summed E-state index contributed by atoms with van der Waals surface area (Å²) in [6, 6.07) is 7.12. The first kappa shape index (κ1) is 23.8. The summed E-state index contributed by atoms with van der Waals surface area (Å²) in [5.41, 5.74) is -0.881. The molecule has 1 unspecified atom stereocenters. The van der Waals surface area contributed by atoms with Crippen molar-refractivity contribution < 1.29 is 39.6 Å². The van der Waals surface area contributed by atoms with Gasteiger partial charge >= 0.3 is 12.4 Å². The van der Waals surface area contributed by atoms with E-state index < -0.39 is 51.9 Å². The highest BCUT2D eigenvalue weighted by molar-refractivity contribution is 7.89. The van der Waals surface area contributed by atoms with Crippen molar-refractivity contribution in [3.63, 3.8) is 0 Å². The van der Waals surface area contributed by atoms with Crippen LogP contribution < -0.4 is 0 Å². The van der Waals surface area contributed by atoms with Crippen LogP contribution in [0.1, 0.15) is 28.7 Å². The molecule has 0 fully saturated rings. The summed E-state index contributed by atoms with van der Waals surface area (Å²) in [7, 11) is -4.65. The van der Waals surface area contributed by atoms with Gasteiger partial charge < -0.3 is 0 Å². The maximum Gasteiger partial charge on any atom is 0.416 e.